The number of likely N-dealkylation sites (N-methyl/N-ethyl adjacent to an activating group) is 1. The summed E-state index contributed by atoms with van der Waals surface area (Å²) in [6, 6.07) is 10.8. The van der Waals surface area contributed by atoms with Crippen LogP contribution in [0.5, 0.6) is 0 Å². The third-order valence-corrected chi connectivity index (χ3v) is 4.92. The smallest absolute Gasteiger partial charge is 0.338 e. The van der Waals surface area contributed by atoms with Crippen molar-refractivity contribution < 1.29 is 33.0 Å². The molecule has 2 aromatic rings. The van der Waals surface area contributed by atoms with Crippen molar-refractivity contribution >= 4 is 29.3 Å². The average molecular weight is 442 g/mol. The van der Waals surface area contributed by atoms with Crippen LogP contribution in [-0.4, -0.2) is 60.9 Å². The molecule has 0 radical (unpaired) electrons. The van der Waals surface area contributed by atoms with E-state index in [1.165, 1.54) is 36.4 Å². The molecule has 1 aliphatic rings. The maximum atomic E-state index is 12.9. The number of nitrogens with one attached hydrogen (secondary N) is 1. The van der Waals surface area contributed by atoms with Crippen molar-refractivity contribution in [1.29, 1.82) is 0 Å². The largest absolute Gasteiger partial charge is 0.454 e. The number of amides is 2. The van der Waals surface area contributed by atoms with Gasteiger partial charge in [-0.05, 0) is 55.5 Å². The summed E-state index contributed by atoms with van der Waals surface area (Å²) in [5, 5.41) is 2.66. The first-order chi connectivity index (χ1) is 15.4. The number of morpholine rings is 1. The molecule has 168 valence electrons. The van der Waals surface area contributed by atoms with Crippen molar-refractivity contribution in [1.82, 2.24) is 4.90 Å². The van der Waals surface area contributed by atoms with Crippen molar-refractivity contribution in [2.45, 2.75) is 19.4 Å². The topological polar surface area (TPSA) is 102 Å². The van der Waals surface area contributed by atoms with Gasteiger partial charge in [-0.2, -0.15) is 0 Å². The molecular formula is C23H23FN2O6. The summed E-state index contributed by atoms with van der Waals surface area (Å²) in [5.74, 6) is -2.22. The van der Waals surface area contributed by atoms with Gasteiger partial charge in [-0.3, -0.25) is 14.4 Å². The molecule has 2 amide bonds. The van der Waals surface area contributed by atoms with Crippen LogP contribution in [0.2, 0.25) is 0 Å². The minimum Gasteiger partial charge on any atom is -0.454 e. The summed E-state index contributed by atoms with van der Waals surface area (Å²) in [7, 11) is 0. The predicted octanol–water partition coefficient (Wildman–Crippen LogP) is 2.44. The van der Waals surface area contributed by atoms with Crippen LogP contribution in [0, 0.1) is 5.82 Å². The van der Waals surface area contributed by atoms with E-state index in [0.29, 0.717) is 25.4 Å². The zero-order chi connectivity index (χ0) is 23.1. The third kappa shape index (κ3) is 5.98. The normalized spacial score (nSPS) is 15.9. The number of nitrogens with zero attached hydrogens (tertiary/aromatic N) is 1. The molecular weight excluding hydrogens is 419 g/mol. The highest BCUT2D eigenvalue weighted by Gasteiger charge is 2.30. The Morgan fingerprint density at radius 2 is 1.75 bits per heavy atom. The maximum Gasteiger partial charge on any atom is 0.338 e. The Morgan fingerprint density at radius 1 is 1.09 bits per heavy atom. The molecule has 0 saturated carbocycles. The number of benzene rings is 2. The fourth-order valence-electron chi connectivity index (χ4n) is 3.15. The van der Waals surface area contributed by atoms with E-state index in [0.717, 1.165) is 12.1 Å². The van der Waals surface area contributed by atoms with Crippen molar-refractivity contribution in [2.24, 2.45) is 0 Å². The molecule has 9 heteroatoms. The highest BCUT2D eigenvalue weighted by molar-refractivity contribution is 5.99. The van der Waals surface area contributed by atoms with Crippen LogP contribution in [0.3, 0.4) is 0 Å². The van der Waals surface area contributed by atoms with E-state index in [1.54, 1.807) is 4.90 Å². The van der Waals surface area contributed by atoms with Crippen LogP contribution in [-0.2, 0) is 19.1 Å². The number of rotatable bonds is 8. The minimum atomic E-state index is -0.809. The highest BCUT2D eigenvalue weighted by Crippen LogP contribution is 2.15. The number of anilines is 1. The lowest BCUT2D eigenvalue weighted by Crippen LogP contribution is -2.48. The van der Waals surface area contributed by atoms with E-state index < -0.39 is 30.3 Å². The fourth-order valence-corrected chi connectivity index (χ4v) is 3.15. The second-order valence-electron chi connectivity index (χ2n) is 7.11. The first-order valence-corrected chi connectivity index (χ1v) is 10.1. The first kappa shape index (κ1) is 23.1. The number of hydrogen-bond donors (Lipinski definition) is 1. The third-order valence-electron chi connectivity index (χ3n) is 4.92. The molecule has 1 atom stereocenters. The summed E-state index contributed by atoms with van der Waals surface area (Å²) < 4.78 is 23.3. The van der Waals surface area contributed by atoms with Gasteiger partial charge < -0.3 is 19.7 Å². The van der Waals surface area contributed by atoms with Gasteiger partial charge in [0.2, 0.25) is 5.91 Å². The maximum absolute atomic E-state index is 12.9. The number of hydrogen-bond acceptors (Lipinski definition) is 6. The summed E-state index contributed by atoms with van der Waals surface area (Å²) in [4.78, 5) is 50.3. The van der Waals surface area contributed by atoms with Gasteiger partial charge in [-0.1, -0.05) is 0 Å². The van der Waals surface area contributed by atoms with Gasteiger partial charge in [-0.15, -0.1) is 0 Å². The van der Waals surface area contributed by atoms with Crippen LogP contribution in [0.25, 0.3) is 0 Å². The molecule has 1 fully saturated rings. The second kappa shape index (κ2) is 10.6. The summed E-state index contributed by atoms with van der Waals surface area (Å²) in [5.41, 5.74) is 0.864. The standard InChI is InChI=1S/C23H23FN2O6/c1-2-26-11-12-31-20(22(26)29)13-21(28)25-18-9-5-16(6-10-18)23(30)32-14-19(27)15-3-7-17(24)8-4-15/h3-10,20H,2,11-14H2,1H3,(H,25,28). The van der Waals surface area contributed by atoms with Crippen molar-refractivity contribution in [3.63, 3.8) is 0 Å². The first-order valence-electron chi connectivity index (χ1n) is 10.1. The molecule has 1 heterocycles. The number of Topliss-reactive ketones (excluding diaryl/α,β-unsaturated/α-hetero) is 1. The van der Waals surface area contributed by atoms with Crippen molar-refractivity contribution in [3.05, 3.63) is 65.5 Å². The number of carbonyl (C=O) groups is 4. The van der Waals surface area contributed by atoms with E-state index in [2.05, 4.69) is 5.32 Å². The van der Waals surface area contributed by atoms with E-state index in [9.17, 15) is 23.6 Å². The van der Waals surface area contributed by atoms with Gasteiger partial charge in [0.1, 0.15) is 11.9 Å². The van der Waals surface area contributed by atoms with Crippen LogP contribution in [0.1, 0.15) is 34.1 Å². The lowest BCUT2D eigenvalue weighted by Gasteiger charge is -2.31. The Hall–Kier alpha value is -3.59. The van der Waals surface area contributed by atoms with Crippen LogP contribution < -0.4 is 5.32 Å². The van der Waals surface area contributed by atoms with Gasteiger partial charge >= 0.3 is 5.97 Å². The summed E-state index contributed by atoms with van der Waals surface area (Å²) in [6.45, 7) is 2.85. The van der Waals surface area contributed by atoms with Gasteiger partial charge in [0, 0.05) is 24.3 Å². The Balaban J connectivity index is 1.49. The molecule has 1 aliphatic heterocycles. The number of ketones is 1. The molecule has 8 nitrogen and oxygen atoms in total. The zero-order valence-corrected chi connectivity index (χ0v) is 17.5. The van der Waals surface area contributed by atoms with Gasteiger partial charge in [0.15, 0.2) is 12.4 Å². The molecule has 32 heavy (non-hydrogen) atoms. The Kier molecular flexibility index (Phi) is 7.67. The Morgan fingerprint density at radius 3 is 2.41 bits per heavy atom. The van der Waals surface area contributed by atoms with Crippen LogP contribution >= 0.6 is 0 Å². The Labute approximate surface area is 184 Å². The molecule has 3 rings (SSSR count). The summed E-state index contributed by atoms with van der Waals surface area (Å²) >= 11 is 0. The van der Waals surface area contributed by atoms with Gasteiger partial charge in [-0.25, -0.2) is 9.18 Å². The molecule has 1 saturated heterocycles. The number of esters is 1. The van der Waals surface area contributed by atoms with Gasteiger partial charge in [0.25, 0.3) is 5.91 Å². The van der Waals surface area contributed by atoms with E-state index >= 15 is 0 Å². The van der Waals surface area contributed by atoms with Crippen molar-refractivity contribution in [2.75, 3.05) is 31.6 Å². The fraction of sp³-hybridized carbons (Fsp3) is 0.304. The van der Waals surface area contributed by atoms with E-state index in [1.807, 2.05) is 6.92 Å². The van der Waals surface area contributed by atoms with E-state index in [4.69, 9.17) is 9.47 Å². The predicted molar refractivity (Wildman–Crippen MR) is 113 cm³/mol. The zero-order valence-electron chi connectivity index (χ0n) is 17.5. The average Bonchev–Trinajstić information content (AvgIpc) is 2.79. The number of ether oxygens (including phenoxy) is 2. The summed E-state index contributed by atoms with van der Waals surface area (Å²) in [6.07, 6.45) is -0.915. The van der Waals surface area contributed by atoms with Gasteiger partial charge in [0.05, 0.1) is 18.6 Å². The van der Waals surface area contributed by atoms with Crippen LogP contribution in [0.4, 0.5) is 10.1 Å². The molecule has 0 aromatic heterocycles. The highest BCUT2D eigenvalue weighted by atomic mass is 19.1. The Bertz CT molecular complexity index is 991. The number of halogens is 1. The molecule has 1 unspecified atom stereocenters. The molecule has 1 N–H and O–H groups in total. The SMILES string of the molecule is CCN1CCOC(CC(=O)Nc2ccc(C(=O)OCC(=O)c3ccc(F)cc3)cc2)C1=O. The van der Waals surface area contributed by atoms with Crippen LogP contribution in [0.15, 0.2) is 48.5 Å². The monoisotopic (exact) mass is 442 g/mol. The molecule has 2 aromatic carbocycles. The lowest BCUT2D eigenvalue weighted by atomic mass is 10.1. The second-order valence-corrected chi connectivity index (χ2v) is 7.11. The molecule has 0 spiro atoms. The van der Waals surface area contributed by atoms with Crippen molar-refractivity contribution in [3.8, 4) is 0 Å². The van der Waals surface area contributed by atoms with E-state index in [-0.39, 0.29) is 29.4 Å². The molecule has 0 bridgehead atoms. The lowest BCUT2D eigenvalue weighted by molar-refractivity contribution is -0.154. The molecule has 0 aliphatic carbocycles. The quantitative estimate of drug-likeness (QED) is 0.498. The minimum absolute atomic E-state index is 0.107. The number of carbonyl (C=O) groups excluding carboxylic acids is 4.